The molecular formula is C21H40N8O6. The van der Waals surface area contributed by atoms with Crippen molar-refractivity contribution >= 4 is 29.7 Å². The average Bonchev–Trinajstić information content (AvgIpc) is 3.27. The molecule has 14 heteroatoms. The van der Waals surface area contributed by atoms with E-state index in [2.05, 4.69) is 15.6 Å². The highest BCUT2D eigenvalue weighted by Crippen LogP contribution is 2.23. The van der Waals surface area contributed by atoms with E-state index in [1.807, 2.05) is 0 Å². The molecule has 0 aromatic carbocycles. The zero-order valence-electron chi connectivity index (χ0n) is 20.2. The van der Waals surface area contributed by atoms with Crippen molar-refractivity contribution in [3.05, 3.63) is 0 Å². The highest BCUT2D eigenvalue weighted by Gasteiger charge is 2.40. The van der Waals surface area contributed by atoms with Crippen LogP contribution in [-0.2, 0) is 19.2 Å². The molecule has 1 fully saturated rings. The second kappa shape index (κ2) is 15.1. The molecule has 1 heterocycles. The minimum Gasteiger partial charge on any atom is -0.480 e. The minimum atomic E-state index is -1.22. The fourth-order valence-electron chi connectivity index (χ4n) is 3.78. The number of nitrogens with two attached hydrogens (primary N) is 4. The number of aliphatic hydroxyl groups is 1. The molecule has 0 aromatic heterocycles. The Kier molecular flexibility index (Phi) is 13.0. The number of amides is 3. The molecule has 0 bridgehead atoms. The smallest absolute Gasteiger partial charge is 0.326 e. The zero-order valence-corrected chi connectivity index (χ0v) is 20.2. The van der Waals surface area contributed by atoms with Gasteiger partial charge in [0, 0.05) is 13.1 Å². The van der Waals surface area contributed by atoms with Gasteiger partial charge in [0.2, 0.25) is 17.7 Å². The molecule has 35 heavy (non-hydrogen) atoms. The number of aliphatic carboxylic acids is 1. The molecule has 3 amide bonds. The summed E-state index contributed by atoms with van der Waals surface area (Å²) in [5.41, 5.74) is 21.8. The SMILES string of the molecule is C[C@H](O)[C@@H](N)NC(=O)[C@H](CCCCN)C(=O)N1CCC[C@H]1C(=O)N[C@@H](CCCN=C(N)N)C(=O)O. The van der Waals surface area contributed by atoms with Gasteiger partial charge in [-0.25, -0.2) is 4.79 Å². The molecule has 0 radical (unpaired) electrons. The Labute approximate surface area is 204 Å². The number of carbonyl (C=O) groups excluding carboxylic acids is 3. The number of nitrogens with one attached hydrogen (secondary N) is 2. The maximum Gasteiger partial charge on any atom is 0.326 e. The van der Waals surface area contributed by atoms with Crippen molar-refractivity contribution in [2.45, 2.75) is 76.2 Å². The van der Waals surface area contributed by atoms with E-state index in [4.69, 9.17) is 22.9 Å². The minimum absolute atomic E-state index is 0.0971. The lowest BCUT2D eigenvalue weighted by Crippen LogP contribution is -2.55. The van der Waals surface area contributed by atoms with Crippen molar-refractivity contribution in [3.63, 3.8) is 0 Å². The first-order valence-electron chi connectivity index (χ1n) is 11.8. The molecule has 1 aliphatic rings. The number of hydrogen-bond donors (Lipinski definition) is 8. The van der Waals surface area contributed by atoms with Crippen LogP contribution in [0.5, 0.6) is 0 Å². The molecule has 14 nitrogen and oxygen atoms in total. The van der Waals surface area contributed by atoms with Gasteiger partial charge in [-0.1, -0.05) is 6.42 Å². The molecule has 1 aliphatic heterocycles. The Morgan fingerprint density at radius 2 is 1.80 bits per heavy atom. The number of rotatable bonds is 15. The van der Waals surface area contributed by atoms with Crippen LogP contribution < -0.4 is 33.6 Å². The van der Waals surface area contributed by atoms with E-state index in [1.165, 1.54) is 11.8 Å². The molecule has 1 rings (SSSR count). The topological polar surface area (TPSA) is 252 Å². The van der Waals surface area contributed by atoms with Crippen LogP contribution in [0.15, 0.2) is 4.99 Å². The number of aliphatic hydroxyl groups excluding tert-OH is 1. The number of hydrogen-bond acceptors (Lipinski definition) is 8. The van der Waals surface area contributed by atoms with Gasteiger partial charge in [0.15, 0.2) is 5.96 Å². The van der Waals surface area contributed by atoms with E-state index in [0.717, 1.165) is 0 Å². The number of likely N-dealkylation sites (tertiary alicyclic amines) is 1. The van der Waals surface area contributed by atoms with Crippen LogP contribution in [0.3, 0.4) is 0 Å². The van der Waals surface area contributed by atoms with Gasteiger partial charge >= 0.3 is 5.97 Å². The van der Waals surface area contributed by atoms with Gasteiger partial charge in [-0.15, -0.1) is 0 Å². The molecule has 5 atom stereocenters. The molecule has 1 saturated heterocycles. The van der Waals surface area contributed by atoms with Crippen LogP contribution >= 0.6 is 0 Å². The maximum atomic E-state index is 13.3. The van der Waals surface area contributed by atoms with Gasteiger partial charge in [-0.2, -0.15) is 0 Å². The Morgan fingerprint density at radius 3 is 2.37 bits per heavy atom. The largest absolute Gasteiger partial charge is 0.480 e. The molecule has 0 unspecified atom stereocenters. The lowest BCUT2D eigenvalue weighted by atomic mass is 9.98. The normalized spacial score (nSPS) is 18.7. The first-order valence-corrected chi connectivity index (χ1v) is 11.8. The monoisotopic (exact) mass is 500 g/mol. The van der Waals surface area contributed by atoms with Crippen LogP contribution in [0.2, 0.25) is 0 Å². The zero-order chi connectivity index (χ0) is 26.5. The molecule has 0 spiro atoms. The van der Waals surface area contributed by atoms with Gasteiger partial charge in [0.1, 0.15) is 24.2 Å². The van der Waals surface area contributed by atoms with Crippen LogP contribution in [-0.4, -0.2) is 88.8 Å². The summed E-state index contributed by atoms with van der Waals surface area (Å²) in [5.74, 6) is -4.24. The average molecular weight is 501 g/mol. The number of carboxylic acid groups (broad SMARTS) is 1. The fraction of sp³-hybridized carbons (Fsp3) is 0.762. The summed E-state index contributed by atoms with van der Waals surface area (Å²) in [5, 5.41) is 24.0. The van der Waals surface area contributed by atoms with E-state index >= 15 is 0 Å². The second-order valence-electron chi connectivity index (χ2n) is 8.65. The number of carboxylic acids is 1. The Hall–Kier alpha value is -2.97. The lowest BCUT2D eigenvalue weighted by Gasteiger charge is -2.29. The number of nitrogens with zero attached hydrogens (tertiary/aromatic N) is 2. The Morgan fingerprint density at radius 1 is 1.11 bits per heavy atom. The van der Waals surface area contributed by atoms with Crippen LogP contribution in [0.4, 0.5) is 0 Å². The standard InChI is InChI=1S/C21H40N8O6/c1-12(30)16(23)28-17(31)13(6-2-3-9-22)19(33)29-11-5-8-15(29)18(32)27-14(20(34)35)7-4-10-26-21(24)25/h12-16,30H,2-11,22-23H2,1H3,(H,27,32)(H,28,31)(H,34,35)(H4,24,25,26)/t12-,13-,14-,15-,16-/m0/s1. The van der Waals surface area contributed by atoms with Gasteiger partial charge in [0.25, 0.3) is 0 Å². The predicted octanol–water partition coefficient (Wildman–Crippen LogP) is -2.87. The quantitative estimate of drug-likeness (QED) is 0.0375. The van der Waals surface area contributed by atoms with E-state index < -0.39 is 54.0 Å². The van der Waals surface area contributed by atoms with Crippen LogP contribution in [0.25, 0.3) is 0 Å². The summed E-state index contributed by atoms with van der Waals surface area (Å²) in [6.07, 6.45) is 0.509. The Bertz CT molecular complexity index is 758. The number of carbonyl (C=O) groups is 4. The van der Waals surface area contributed by atoms with Crippen molar-refractivity contribution < 1.29 is 29.4 Å². The van der Waals surface area contributed by atoms with E-state index in [9.17, 15) is 29.4 Å². The summed E-state index contributed by atoms with van der Waals surface area (Å²) in [7, 11) is 0. The second-order valence-corrected chi connectivity index (χ2v) is 8.65. The highest BCUT2D eigenvalue weighted by molar-refractivity contribution is 6.02. The molecule has 0 aromatic rings. The molecule has 0 aliphatic carbocycles. The van der Waals surface area contributed by atoms with Gasteiger partial charge in [-0.3, -0.25) is 19.4 Å². The van der Waals surface area contributed by atoms with Crippen molar-refractivity contribution in [2.75, 3.05) is 19.6 Å². The molecule has 0 saturated carbocycles. The molecular weight excluding hydrogens is 460 g/mol. The first-order chi connectivity index (χ1) is 16.5. The third kappa shape index (κ3) is 10.0. The van der Waals surface area contributed by atoms with E-state index in [-0.39, 0.29) is 31.9 Å². The summed E-state index contributed by atoms with van der Waals surface area (Å²) in [6, 6.07) is -2.08. The van der Waals surface area contributed by atoms with Crippen molar-refractivity contribution in [3.8, 4) is 0 Å². The fourth-order valence-corrected chi connectivity index (χ4v) is 3.78. The van der Waals surface area contributed by atoms with E-state index in [1.54, 1.807) is 0 Å². The summed E-state index contributed by atoms with van der Waals surface area (Å²) in [4.78, 5) is 55.8. The maximum absolute atomic E-state index is 13.3. The van der Waals surface area contributed by atoms with Gasteiger partial charge < -0.3 is 48.7 Å². The van der Waals surface area contributed by atoms with Crippen LogP contribution in [0, 0.1) is 5.92 Å². The van der Waals surface area contributed by atoms with Gasteiger partial charge in [0.05, 0.1) is 6.10 Å². The summed E-state index contributed by atoms with van der Waals surface area (Å²) < 4.78 is 0. The third-order valence-electron chi connectivity index (χ3n) is 5.79. The number of aliphatic imine (C=N–C) groups is 1. The Balaban J connectivity index is 2.92. The van der Waals surface area contributed by atoms with Crippen molar-refractivity contribution in [1.29, 1.82) is 0 Å². The first kappa shape index (κ1) is 30.1. The van der Waals surface area contributed by atoms with Crippen molar-refractivity contribution in [1.82, 2.24) is 15.5 Å². The summed E-state index contributed by atoms with van der Waals surface area (Å²) in [6.45, 7) is 2.27. The number of unbranched alkanes of at least 4 members (excludes halogenated alkanes) is 1. The third-order valence-corrected chi connectivity index (χ3v) is 5.79. The van der Waals surface area contributed by atoms with Crippen LogP contribution in [0.1, 0.15) is 51.9 Å². The molecule has 200 valence electrons. The summed E-state index contributed by atoms with van der Waals surface area (Å²) >= 11 is 0. The van der Waals surface area contributed by atoms with E-state index in [0.29, 0.717) is 38.6 Å². The highest BCUT2D eigenvalue weighted by atomic mass is 16.4. The lowest BCUT2D eigenvalue weighted by molar-refractivity contribution is -0.147. The molecule has 12 N–H and O–H groups in total. The van der Waals surface area contributed by atoms with Gasteiger partial charge in [-0.05, 0) is 52.0 Å². The number of guanidine groups is 1. The van der Waals surface area contributed by atoms with Crippen molar-refractivity contribution in [2.24, 2.45) is 33.8 Å². The predicted molar refractivity (Wildman–Crippen MR) is 128 cm³/mol.